The maximum absolute atomic E-state index is 10.6. The normalized spacial score (nSPS) is 12.6. The molecule has 0 saturated heterocycles. The van der Waals surface area contributed by atoms with E-state index in [-0.39, 0.29) is 0 Å². The third kappa shape index (κ3) is 2.28. The first-order chi connectivity index (χ1) is 9.66. The third-order valence-electron chi connectivity index (χ3n) is 3.47. The van der Waals surface area contributed by atoms with Gasteiger partial charge in [-0.2, -0.15) is 0 Å². The third-order valence-corrected chi connectivity index (χ3v) is 3.90. The Morgan fingerprint density at radius 1 is 1.10 bits per heavy atom. The van der Waals surface area contributed by atoms with E-state index in [1.165, 1.54) is 0 Å². The van der Waals surface area contributed by atoms with E-state index < -0.39 is 6.10 Å². The molecule has 1 atom stereocenters. The lowest BCUT2D eigenvalue weighted by molar-refractivity contribution is 0.222. The number of rotatable bonds is 2. The van der Waals surface area contributed by atoms with Gasteiger partial charge in [0, 0.05) is 16.6 Å². The second kappa shape index (κ2) is 5.23. The van der Waals surface area contributed by atoms with Crippen LogP contribution in [0.2, 0.25) is 5.02 Å². The number of fused-ring (bicyclic) bond motifs is 1. The zero-order valence-corrected chi connectivity index (χ0v) is 11.8. The summed E-state index contributed by atoms with van der Waals surface area (Å²) in [4.78, 5) is 4.32. The van der Waals surface area contributed by atoms with Crippen LogP contribution in [0.25, 0.3) is 10.9 Å². The minimum absolute atomic E-state index is 0.682. The monoisotopic (exact) mass is 283 g/mol. The first-order valence-corrected chi connectivity index (χ1v) is 6.82. The number of benzene rings is 2. The fourth-order valence-electron chi connectivity index (χ4n) is 2.38. The average Bonchev–Trinajstić information content (AvgIpc) is 2.49. The Morgan fingerprint density at radius 2 is 1.95 bits per heavy atom. The fourth-order valence-corrected chi connectivity index (χ4v) is 2.50. The van der Waals surface area contributed by atoms with Crippen molar-refractivity contribution in [2.75, 3.05) is 0 Å². The number of aliphatic hydroxyl groups excluding tert-OH is 1. The van der Waals surface area contributed by atoms with Crippen molar-refractivity contribution in [1.82, 2.24) is 4.98 Å². The van der Waals surface area contributed by atoms with Gasteiger partial charge in [0.25, 0.3) is 0 Å². The van der Waals surface area contributed by atoms with Crippen molar-refractivity contribution in [1.29, 1.82) is 0 Å². The van der Waals surface area contributed by atoms with Gasteiger partial charge in [-0.25, -0.2) is 0 Å². The van der Waals surface area contributed by atoms with Gasteiger partial charge in [0.05, 0.1) is 5.52 Å². The van der Waals surface area contributed by atoms with Gasteiger partial charge in [0.2, 0.25) is 0 Å². The van der Waals surface area contributed by atoms with Crippen LogP contribution in [-0.2, 0) is 0 Å². The van der Waals surface area contributed by atoms with E-state index in [0.717, 1.165) is 27.6 Å². The van der Waals surface area contributed by atoms with Crippen LogP contribution in [-0.4, -0.2) is 10.1 Å². The summed E-state index contributed by atoms with van der Waals surface area (Å²) >= 11 is 6.03. The maximum atomic E-state index is 10.6. The highest BCUT2D eigenvalue weighted by Crippen LogP contribution is 2.29. The van der Waals surface area contributed by atoms with Crippen molar-refractivity contribution in [3.8, 4) is 0 Å². The molecule has 0 amide bonds. The first kappa shape index (κ1) is 13.1. The highest BCUT2D eigenvalue weighted by molar-refractivity contribution is 6.31. The second-order valence-corrected chi connectivity index (χ2v) is 5.24. The molecule has 2 nitrogen and oxygen atoms in total. The quantitative estimate of drug-likeness (QED) is 0.761. The summed E-state index contributed by atoms with van der Waals surface area (Å²) in [7, 11) is 0. The van der Waals surface area contributed by atoms with E-state index >= 15 is 0 Å². The molecular formula is C17H14ClNO. The standard InChI is InChI=1S/C17H14ClNO/c1-11-10-12(7-8-15(11)18)17(20)14-4-2-6-16-13(14)5-3-9-19-16/h2-10,17,20H,1H3. The molecule has 0 aliphatic rings. The van der Waals surface area contributed by atoms with Gasteiger partial charge >= 0.3 is 0 Å². The second-order valence-electron chi connectivity index (χ2n) is 4.83. The van der Waals surface area contributed by atoms with E-state index in [1.807, 2.05) is 55.5 Å². The van der Waals surface area contributed by atoms with E-state index in [9.17, 15) is 5.11 Å². The summed E-state index contributed by atoms with van der Waals surface area (Å²) in [5, 5.41) is 12.3. The number of aromatic nitrogens is 1. The number of halogens is 1. The largest absolute Gasteiger partial charge is 0.384 e. The molecule has 3 heteroatoms. The molecule has 2 aromatic carbocycles. The lowest BCUT2D eigenvalue weighted by Crippen LogP contribution is -2.01. The zero-order valence-electron chi connectivity index (χ0n) is 11.0. The number of aliphatic hydroxyl groups is 1. The zero-order chi connectivity index (χ0) is 14.1. The Kier molecular flexibility index (Phi) is 3.43. The van der Waals surface area contributed by atoms with Crippen LogP contribution in [0, 0.1) is 6.92 Å². The van der Waals surface area contributed by atoms with Crippen LogP contribution in [0.15, 0.2) is 54.7 Å². The van der Waals surface area contributed by atoms with Gasteiger partial charge in [0.15, 0.2) is 0 Å². The Hall–Kier alpha value is -1.90. The van der Waals surface area contributed by atoms with Gasteiger partial charge in [-0.05, 0) is 41.8 Å². The van der Waals surface area contributed by atoms with Crippen molar-refractivity contribution in [2.45, 2.75) is 13.0 Å². The van der Waals surface area contributed by atoms with Crippen molar-refractivity contribution in [3.05, 3.63) is 76.4 Å². The fraction of sp³-hybridized carbons (Fsp3) is 0.118. The number of pyridine rings is 1. The maximum Gasteiger partial charge on any atom is 0.105 e. The average molecular weight is 284 g/mol. The number of aryl methyl sites for hydroxylation is 1. The van der Waals surface area contributed by atoms with E-state index in [1.54, 1.807) is 6.20 Å². The molecule has 0 aliphatic heterocycles. The predicted octanol–water partition coefficient (Wildman–Crippen LogP) is 4.28. The molecular weight excluding hydrogens is 270 g/mol. The molecule has 100 valence electrons. The van der Waals surface area contributed by atoms with Crippen LogP contribution < -0.4 is 0 Å². The molecule has 1 heterocycles. The molecule has 0 spiro atoms. The molecule has 0 radical (unpaired) electrons. The molecule has 0 saturated carbocycles. The van der Waals surface area contributed by atoms with Crippen molar-refractivity contribution < 1.29 is 5.11 Å². The molecule has 0 aliphatic carbocycles. The Morgan fingerprint density at radius 3 is 2.75 bits per heavy atom. The lowest BCUT2D eigenvalue weighted by Gasteiger charge is -2.15. The van der Waals surface area contributed by atoms with E-state index in [2.05, 4.69) is 4.98 Å². The SMILES string of the molecule is Cc1cc(C(O)c2cccc3ncccc23)ccc1Cl. The lowest BCUT2D eigenvalue weighted by atomic mass is 9.96. The number of nitrogens with zero attached hydrogens (tertiary/aromatic N) is 1. The summed E-state index contributed by atoms with van der Waals surface area (Å²) in [6, 6.07) is 15.2. The summed E-state index contributed by atoms with van der Waals surface area (Å²) in [5.74, 6) is 0. The van der Waals surface area contributed by atoms with Gasteiger partial charge in [-0.15, -0.1) is 0 Å². The molecule has 20 heavy (non-hydrogen) atoms. The van der Waals surface area contributed by atoms with Crippen LogP contribution in [0.3, 0.4) is 0 Å². The molecule has 1 N–H and O–H groups in total. The van der Waals surface area contributed by atoms with E-state index in [0.29, 0.717) is 5.02 Å². The van der Waals surface area contributed by atoms with Gasteiger partial charge in [0.1, 0.15) is 6.10 Å². The Balaban J connectivity index is 2.12. The van der Waals surface area contributed by atoms with Gasteiger partial charge < -0.3 is 5.11 Å². The smallest absolute Gasteiger partial charge is 0.105 e. The molecule has 3 aromatic rings. The summed E-state index contributed by atoms with van der Waals surface area (Å²) in [6.45, 7) is 1.93. The van der Waals surface area contributed by atoms with Crippen molar-refractivity contribution in [2.24, 2.45) is 0 Å². The van der Waals surface area contributed by atoms with E-state index in [4.69, 9.17) is 11.6 Å². The minimum atomic E-state index is -0.682. The summed E-state index contributed by atoms with van der Waals surface area (Å²) in [5.41, 5.74) is 3.54. The van der Waals surface area contributed by atoms with Crippen LogP contribution in [0.5, 0.6) is 0 Å². The Bertz CT molecular complexity index is 765. The number of hydrogen-bond acceptors (Lipinski definition) is 2. The number of hydrogen-bond donors (Lipinski definition) is 1. The molecule has 1 unspecified atom stereocenters. The first-order valence-electron chi connectivity index (χ1n) is 6.44. The predicted molar refractivity (Wildman–Crippen MR) is 82.0 cm³/mol. The Labute approximate surface area is 122 Å². The van der Waals surface area contributed by atoms with Gasteiger partial charge in [-0.1, -0.05) is 41.9 Å². The van der Waals surface area contributed by atoms with Crippen LogP contribution in [0.1, 0.15) is 22.8 Å². The van der Waals surface area contributed by atoms with Crippen molar-refractivity contribution in [3.63, 3.8) is 0 Å². The van der Waals surface area contributed by atoms with Crippen molar-refractivity contribution >= 4 is 22.5 Å². The summed E-state index contributed by atoms with van der Waals surface area (Å²) < 4.78 is 0. The molecule has 0 bridgehead atoms. The molecule has 0 fully saturated rings. The molecule has 1 aromatic heterocycles. The topological polar surface area (TPSA) is 33.1 Å². The molecule has 3 rings (SSSR count). The van der Waals surface area contributed by atoms with Gasteiger partial charge in [-0.3, -0.25) is 4.98 Å². The highest BCUT2D eigenvalue weighted by atomic mass is 35.5. The van der Waals surface area contributed by atoms with Crippen LogP contribution >= 0.6 is 11.6 Å². The van der Waals surface area contributed by atoms with Crippen LogP contribution in [0.4, 0.5) is 0 Å². The minimum Gasteiger partial charge on any atom is -0.384 e. The highest BCUT2D eigenvalue weighted by Gasteiger charge is 2.14. The summed E-state index contributed by atoms with van der Waals surface area (Å²) in [6.07, 6.45) is 1.07.